The molecule has 9 heteroatoms. The van der Waals surface area contributed by atoms with Crippen molar-refractivity contribution in [2.45, 2.75) is 38.4 Å². The summed E-state index contributed by atoms with van der Waals surface area (Å²) in [6, 6.07) is 0.442. The number of aromatic hydroxyl groups is 1. The van der Waals surface area contributed by atoms with Gasteiger partial charge in [-0.3, -0.25) is 10.1 Å². The molecule has 204 valence electrons. The topological polar surface area (TPSA) is 98.7 Å². The van der Waals surface area contributed by atoms with Crippen LogP contribution in [0, 0.1) is 13.8 Å². The Bertz CT molecular complexity index is 1430. The van der Waals surface area contributed by atoms with Crippen LogP contribution in [0.5, 0.6) is 28.7 Å². The van der Waals surface area contributed by atoms with Crippen molar-refractivity contribution in [1.82, 2.24) is 10.2 Å². The van der Waals surface area contributed by atoms with Gasteiger partial charge in [0.1, 0.15) is 12.4 Å². The van der Waals surface area contributed by atoms with Crippen LogP contribution in [0.1, 0.15) is 45.5 Å². The number of hydrogen-bond acceptors (Lipinski definition) is 8. The number of phenolic OH excluding ortho intramolecular Hbond substituents is 1. The van der Waals surface area contributed by atoms with Crippen LogP contribution in [0.25, 0.3) is 6.08 Å². The first-order chi connectivity index (χ1) is 18.9. The fourth-order valence-corrected chi connectivity index (χ4v) is 6.37. The van der Waals surface area contributed by atoms with E-state index in [9.17, 15) is 9.90 Å². The Kier molecular flexibility index (Phi) is 6.28. The third-order valence-corrected chi connectivity index (χ3v) is 7.90. The Morgan fingerprint density at radius 1 is 1.13 bits per heavy atom. The molecule has 1 fully saturated rings. The molecule has 2 aromatic carbocycles. The highest BCUT2D eigenvalue weighted by molar-refractivity contribution is 5.91. The van der Waals surface area contributed by atoms with Crippen LogP contribution in [-0.2, 0) is 16.0 Å². The summed E-state index contributed by atoms with van der Waals surface area (Å²) in [5.41, 5.74) is 5.95. The van der Waals surface area contributed by atoms with E-state index in [0.29, 0.717) is 42.6 Å². The van der Waals surface area contributed by atoms with E-state index in [-0.39, 0.29) is 31.1 Å². The molecule has 1 amide bonds. The summed E-state index contributed by atoms with van der Waals surface area (Å²) in [5, 5.41) is 14.2. The Labute approximate surface area is 227 Å². The number of benzene rings is 2. The molecule has 0 unspecified atom stereocenters. The summed E-state index contributed by atoms with van der Waals surface area (Å²) in [6.07, 6.45) is 5.83. The third-order valence-electron chi connectivity index (χ3n) is 7.90. The van der Waals surface area contributed by atoms with E-state index in [1.54, 1.807) is 25.3 Å². The molecule has 0 radical (unpaired) electrons. The van der Waals surface area contributed by atoms with Crippen molar-refractivity contribution in [3.8, 4) is 28.7 Å². The van der Waals surface area contributed by atoms with E-state index in [4.69, 9.17) is 23.7 Å². The monoisotopic (exact) mass is 532 g/mol. The zero-order valence-electron chi connectivity index (χ0n) is 22.3. The number of fused-ring (bicyclic) bond motifs is 9. The Morgan fingerprint density at radius 3 is 2.64 bits per heavy atom. The van der Waals surface area contributed by atoms with Crippen LogP contribution in [0.4, 0.5) is 0 Å². The fourth-order valence-electron chi connectivity index (χ4n) is 6.37. The maximum Gasteiger partial charge on any atom is 0.244 e. The van der Waals surface area contributed by atoms with Crippen LogP contribution >= 0.6 is 0 Å². The maximum absolute atomic E-state index is 14.1. The average Bonchev–Trinajstić information content (AvgIpc) is 3.41. The van der Waals surface area contributed by atoms with Crippen molar-refractivity contribution in [3.05, 3.63) is 70.5 Å². The average molecular weight is 533 g/mol. The summed E-state index contributed by atoms with van der Waals surface area (Å²) in [4.78, 5) is 15.9. The zero-order valence-corrected chi connectivity index (χ0v) is 22.3. The number of hydrogen-bond donors (Lipinski definition) is 2. The number of nitrogens with zero attached hydrogens (tertiary/aromatic N) is 1. The molecule has 0 spiro atoms. The molecule has 2 N–H and O–H groups in total. The Balaban J connectivity index is 1.61. The summed E-state index contributed by atoms with van der Waals surface area (Å²) in [7, 11) is 1.54. The SMILES string of the molecule is C=CCOC[C@H]1c2c(c(OCC=C)c(C)c3c2OCO3)C=C2[C@H]3N[C@H](Cc4cc(O)c(OC)c(C)c43)C(=O)N21. The summed E-state index contributed by atoms with van der Waals surface area (Å²) < 4.78 is 29.6. The molecule has 39 heavy (non-hydrogen) atoms. The van der Waals surface area contributed by atoms with E-state index in [2.05, 4.69) is 18.5 Å². The number of piperazine rings is 1. The fraction of sp³-hybridized carbons (Fsp3) is 0.367. The second-order valence-electron chi connectivity index (χ2n) is 10.0. The van der Waals surface area contributed by atoms with Gasteiger partial charge in [0.05, 0.1) is 38.4 Å². The molecule has 4 heterocycles. The maximum atomic E-state index is 14.1. The first-order valence-electron chi connectivity index (χ1n) is 13.0. The van der Waals surface area contributed by atoms with E-state index < -0.39 is 12.1 Å². The van der Waals surface area contributed by atoms with Gasteiger partial charge < -0.3 is 33.7 Å². The predicted octanol–water partition coefficient (Wildman–Crippen LogP) is 4.01. The molecule has 2 aromatic rings. The second-order valence-corrected chi connectivity index (χ2v) is 10.0. The number of nitrogens with one attached hydrogen (secondary N) is 1. The van der Waals surface area contributed by atoms with Gasteiger partial charge in [-0.2, -0.15) is 0 Å². The first-order valence-corrected chi connectivity index (χ1v) is 13.0. The molecule has 0 saturated carbocycles. The predicted molar refractivity (Wildman–Crippen MR) is 144 cm³/mol. The van der Waals surface area contributed by atoms with Crippen molar-refractivity contribution in [2.24, 2.45) is 0 Å². The zero-order chi connectivity index (χ0) is 27.4. The summed E-state index contributed by atoms with van der Waals surface area (Å²) >= 11 is 0. The Hall–Kier alpha value is -3.95. The number of methoxy groups -OCH3 is 1. The van der Waals surface area contributed by atoms with Crippen molar-refractivity contribution in [1.29, 1.82) is 0 Å². The Morgan fingerprint density at radius 2 is 1.90 bits per heavy atom. The smallest absolute Gasteiger partial charge is 0.244 e. The molecule has 6 rings (SSSR count). The second kappa shape index (κ2) is 9.66. The minimum absolute atomic E-state index is 0.0696. The van der Waals surface area contributed by atoms with Gasteiger partial charge in [-0.15, -0.1) is 6.58 Å². The molecule has 9 nitrogen and oxygen atoms in total. The highest BCUT2D eigenvalue weighted by Gasteiger charge is 2.50. The van der Waals surface area contributed by atoms with Crippen LogP contribution in [-0.4, -0.2) is 55.7 Å². The van der Waals surface area contributed by atoms with Gasteiger partial charge in [0, 0.05) is 28.0 Å². The molecule has 4 aliphatic heterocycles. The molecule has 2 bridgehead atoms. The molecule has 1 saturated heterocycles. The van der Waals surface area contributed by atoms with E-state index in [1.807, 2.05) is 24.8 Å². The third kappa shape index (κ3) is 3.71. The number of carbonyl (C=O) groups is 1. The van der Waals surface area contributed by atoms with E-state index >= 15 is 0 Å². The van der Waals surface area contributed by atoms with Crippen molar-refractivity contribution in [2.75, 3.05) is 33.7 Å². The summed E-state index contributed by atoms with van der Waals surface area (Å²) in [5.74, 6) is 2.30. The molecular weight excluding hydrogens is 500 g/mol. The van der Waals surface area contributed by atoms with Gasteiger partial charge in [0.2, 0.25) is 12.7 Å². The highest BCUT2D eigenvalue weighted by Crippen LogP contribution is 2.56. The lowest BCUT2D eigenvalue weighted by atomic mass is 9.78. The van der Waals surface area contributed by atoms with Gasteiger partial charge in [0.15, 0.2) is 23.0 Å². The lowest BCUT2D eigenvalue weighted by Gasteiger charge is -2.50. The van der Waals surface area contributed by atoms with Crippen LogP contribution in [0.15, 0.2) is 37.1 Å². The quantitative estimate of drug-likeness (QED) is 0.389. The molecule has 3 atom stereocenters. The van der Waals surface area contributed by atoms with Gasteiger partial charge in [0.25, 0.3) is 0 Å². The molecule has 0 aliphatic carbocycles. The number of phenols is 1. The van der Waals surface area contributed by atoms with E-state index in [0.717, 1.165) is 39.1 Å². The van der Waals surface area contributed by atoms with Crippen molar-refractivity contribution < 1.29 is 33.6 Å². The largest absolute Gasteiger partial charge is 0.504 e. The first kappa shape index (κ1) is 25.3. The lowest BCUT2D eigenvalue weighted by Crippen LogP contribution is -2.60. The molecule has 4 aliphatic rings. The van der Waals surface area contributed by atoms with Crippen LogP contribution in [0.3, 0.4) is 0 Å². The lowest BCUT2D eigenvalue weighted by molar-refractivity contribution is -0.138. The molecular formula is C30H32N2O7. The van der Waals surface area contributed by atoms with Crippen LogP contribution < -0.4 is 24.3 Å². The normalized spacial score (nSPS) is 21.9. The van der Waals surface area contributed by atoms with Gasteiger partial charge >= 0.3 is 0 Å². The van der Waals surface area contributed by atoms with Crippen molar-refractivity contribution >= 4 is 12.0 Å². The molecule has 0 aromatic heterocycles. The van der Waals surface area contributed by atoms with Crippen molar-refractivity contribution in [3.63, 3.8) is 0 Å². The van der Waals surface area contributed by atoms with Gasteiger partial charge in [-0.1, -0.05) is 18.7 Å². The minimum Gasteiger partial charge on any atom is -0.504 e. The minimum atomic E-state index is -0.484. The van der Waals surface area contributed by atoms with Gasteiger partial charge in [-0.05, 0) is 43.5 Å². The number of rotatable bonds is 8. The van der Waals surface area contributed by atoms with Crippen LogP contribution in [0.2, 0.25) is 0 Å². The summed E-state index contributed by atoms with van der Waals surface area (Å²) in [6.45, 7) is 12.4. The number of carbonyl (C=O) groups excluding carboxylic acids is 1. The highest BCUT2D eigenvalue weighted by atomic mass is 16.7. The number of amides is 1. The van der Waals surface area contributed by atoms with E-state index in [1.165, 1.54) is 0 Å². The number of ether oxygens (including phenoxy) is 5. The van der Waals surface area contributed by atoms with Gasteiger partial charge in [-0.25, -0.2) is 0 Å². The standard InChI is InChI=1S/C30H32N2O7/c1-6-8-36-13-21-24-18(26(37-9-7-2)16(4)28-29(24)39-14-38-28)12-20-25-23-15(3)27(35-5)22(33)11-17(23)10-19(31-25)30(34)32(20)21/h6-7,11-12,19,21,25,31,33H,1-2,8-10,13-14H2,3-5H3/t19-,21+,25-/m1/s1.